The maximum Gasteiger partial charge on any atom is 0.387 e. The number of rotatable bonds is 5. The number of carbonyl (C=O) groups excluding carboxylic acids is 1. The minimum absolute atomic E-state index is 0.116. The molecule has 1 aliphatic heterocycles. The van der Waals surface area contributed by atoms with Gasteiger partial charge < -0.3 is 19.7 Å². The summed E-state index contributed by atoms with van der Waals surface area (Å²) in [5.41, 5.74) is 0.788. The van der Waals surface area contributed by atoms with Crippen molar-refractivity contribution in [3.05, 3.63) is 29.8 Å². The van der Waals surface area contributed by atoms with Crippen molar-refractivity contribution in [2.24, 2.45) is 16.8 Å². The van der Waals surface area contributed by atoms with E-state index >= 15 is 0 Å². The molecule has 0 radical (unpaired) electrons. The molecule has 0 bridgehead atoms. The Kier molecular flexibility index (Phi) is 6.55. The van der Waals surface area contributed by atoms with Crippen molar-refractivity contribution in [3.8, 4) is 5.75 Å². The van der Waals surface area contributed by atoms with Crippen molar-refractivity contribution < 1.29 is 23.0 Å². The molecule has 6 nitrogen and oxygen atoms in total. The Balaban J connectivity index is 1.96. The van der Waals surface area contributed by atoms with Crippen LogP contribution in [0.15, 0.2) is 29.3 Å². The third kappa shape index (κ3) is 5.04. The molecule has 0 saturated carbocycles. The lowest BCUT2D eigenvalue weighted by atomic mass is 9.99. The number of alkyl halides is 2. The SMILES string of the molecule is CN=C(NCc1cccc(OC(F)F)c1)N1CC(C)C(C(=O)OC)C1. The number of esters is 1. The molecule has 0 spiro atoms. The summed E-state index contributed by atoms with van der Waals surface area (Å²) in [5, 5.41) is 3.19. The third-order valence-corrected chi connectivity index (χ3v) is 4.20. The first-order chi connectivity index (χ1) is 11.9. The van der Waals surface area contributed by atoms with Crippen LogP contribution in [-0.4, -0.2) is 50.7 Å². The molecule has 0 amide bonds. The van der Waals surface area contributed by atoms with Gasteiger partial charge in [0, 0.05) is 26.7 Å². The fraction of sp³-hybridized carbons (Fsp3) is 0.529. The maximum atomic E-state index is 12.3. The van der Waals surface area contributed by atoms with Crippen LogP contribution in [0.2, 0.25) is 0 Å². The number of benzene rings is 1. The molecule has 138 valence electrons. The Bertz CT molecular complexity index is 625. The standard InChI is InChI=1S/C17H23F2N3O3/c1-11-9-22(10-14(11)15(23)24-3)17(20-2)21-8-12-5-4-6-13(7-12)25-16(18)19/h4-7,11,14,16H,8-10H2,1-3H3,(H,20,21). The fourth-order valence-electron chi connectivity index (χ4n) is 2.94. The van der Waals surface area contributed by atoms with Gasteiger partial charge in [0.2, 0.25) is 0 Å². The molecular formula is C17H23F2N3O3. The summed E-state index contributed by atoms with van der Waals surface area (Å²) >= 11 is 0. The number of nitrogens with zero attached hydrogens (tertiary/aromatic N) is 2. The summed E-state index contributed by atoms with van der Waals surface area (Å²) in [6, 6.07) is 6.50. The van der Waals surface area contributed by atoms with Gasteiger partial charge in [0.15, 0.2) is 5.96 Å². The molecule has 2 rings (SSSR count). The van der Waals surface area contributed by atoms with Crippen molar-refractivity contribution >= 4 is 11.9 Å². The van der Waals surface area contributed by atoms with Crippen LogP contribution in [0.1, 0.15) is 12.5 Å². The summed E-state index contributed by atoms with van der Waals surface area (Å²) in [6.45, 7) is 0.772. The van der Waals surface area contributed by atoms with Crippen LogP contribution < -0.4 is 10.1 Å². The second kappa shape index (κ2) is 8.64. The molecule has 2 unspecified atom stereocenters. The first-order valence-electron chi connectivity index (χ1n) is 8.01. The Morgan fingerprint density at radius 2 is 2.20 bits per heavy atom. The Hall–Kier alpha value is -2.38. The summed E-state index contributed by atoms with van der Waals surface area (Å²) in [4.78, 5) is 18.0. The summed E-state index contributed by atoms with van der Waals surface area (Å²) in [6.07, 6.45) is 0. The van der Waals surface area contributed by atoms with Gasteiger partial charge in [0.1, 0.15) is 5.75 Å². The highest BCUT2D eigenvalue weighted by molar-refractivity contribution is 5.82. The van der Waals surface area contributed by atoms with Gasteiger partial charge >= 0.3 is 12.6 Å². The zero-order chi connectivity index (χ0) is 18.4. The van der Waals surface area contributed by atoms with E-state index in [0.29, 0.717) is 25.6 Å². The molecule has 1 aromatic rings. The number of hydrogen-bond donors (Lipinski definition) is 1. The minimum Gasteiger partial charge on any atom is -0.469 e. The molecule has 8 heteroatoms. The molecule has 0 aliphatic carbocycles. The van der Waals surface area contributed by atoms with E-state index in [9.17, 15) is 13.6 Å². The topological polar surface area (TPSA) is 63.2 Å². The number of halogens is 2. The van der Waals surface area contributed by atoms with Crippen molar-refractivity contribution in [3.63, 3.8) is 0 Å². The second-order valence-electron chi connectivity index (χ2n) is 5.94. The largest absolute Gasteiger partial charge is 0.469 e. The molecule has 1 saturated heterocycles. The van der Waals surface area contributed by atoms with E-state index < -0.39 is 6.61 Å². The van der Waals surface area contributed by atoms with Crippen LogP contribution in [0.4, 0.5) is 8.78 Å². The molecule has 1 fully saturated rings. The molecule has 1 aliphatic rings. The van der Waals surface area contributed by atoms with Gasteiger partial charge in [-0.25, -0.2) is 0 Å². The Morgan fingerprint density at radius 1 is 1.44 bits per heavy atom. The summed E-state index contributed by atoms with van der Waals surface area (Å²) in [5.74, 6) is 0.519. The molecule has 1 heterocycles. The molecule has 25 heavy (non-hydrogen) atoms. The van der Waals surface area contributed by atoms with Crippen LogP contribution >= 0.6 is 0 Å². The van der Waals surface area contributed by atoms with E-state index in [0.717, 1.165) is 5.56 Å². The maximum absolute atomic E-state index is 12.3. The summed E-state index contributed by atoms with van der Waals surface area (Å²) in [7, 11) is 3.05. The summed E-state index contributed by atoms with van der Waals surface area (Å²) < 4.78 is 33.8. The predicted octanol–water partition coefficient (Wildman–Crippen LogP) is 2.10. The molecule has 2 atom stereocenters. The molecular weight excluding hydrogens is 332 g/mol. The van der Waals surface area contributed by atoms with Gasteiger partial charge in [-0.3, -0.25) is 9.79 Å². The fourth-order valence-corrected chi connectivity index (χ4v) is 2.94. The molecule has 1 N–H and O–H groups in total. The van der Waals surface area contributed by atoms with E-state index in [1.54, 1.807) is 19.2 Å². The van der Waals surface area contributed by atoms with Crippen molar-refractivity contribution in [1.82, 2.24) is 10.2 Å². The second-order valence-corrected chi connectivity index (χ2v) is 5.94. The van der Waals surface area contributed by atoms with Crippen LogP contribution in [0.5, 0.6) is 5.75 Å². The van der Waals surface area contributed by atoms with Crippen LogP contribution in [0.3, 0.4) is 0 Å². The van der Waals surface area contributed by atoms with Crippen molar-refractivity contribution in [2.45, 2.75) is 20.1 Å². The lowest BCUT2D eigenvalue weighted by Crippen LogP contribution is -2.40. The van der Waals surface area contributed by atoms with Gasteiger partial charge in [-0.05, 0) is 23.6 Å². The number of carbonyl (C=O) groups is 1. The number of nitrogens with one attached hydrogen (secondary N) is 1. The monoisotopic (exact) mass is 355 g/mol. The predicted molar refractivity (Wildman–Crippen MR) is 89.5 cm³/mol. The number of likely N-dealkylation sites (tertiary alicyclic amines) is 1. The van der Waals surface area contributed by atoms with Gasteiger partial charge in [0.25, 0.3) is 0 Å². The number of methoxy groups -OCH3 is 1. The first kappa shape index (κ1) is 19.0. The first-order valence-corrected chi connectivity index (χ1v) is 8.01. The van der Waals surface area contributed by atoms with E-state index in [1.807, 2.05) is 17.9 Å². The Labute approximate surface area is 145 Å². The van der Waals surface area contributed by atoms with Crippen LogP contribution in [0.25, 0.3) is 0 Å². The van der Waals surface area contributed by atoms with Gasteiger partial charge in [-0.2, -0.15) is 8.78 Å². The highest BCUT2D eigenvalue weighted by Gasteiger charge is 2.36. The number of guanidine groups is 1. The van der Waals surface area contributed by atoms with E-state index in [2.05, 4.69) is 15.0 Å². The highest BCUT2D eigenvalue weighted by Crippen LogP contribution is 2.24. The van der Waals surface area contributed by atoms with Crippen LogP contribution in [0, 0.1) is 11.8 Å². The van der Waals surface area contributed by atoms with Crippen molar-refractivity contribution in [1.29, 1.82) is 0 Å². The normalized spacial score (nSPS) is 20.7. The van der Waals surface area contributed by atoms with Gasteiger partial charge in [-0.1, -0.05) is 19.1 Å². The molecule has 0 aromatic heterocycles. The number of hydrogen-bond acceptors (Lipinski definition) is 4. The lowest BCUT2D eigenvalue weighted by Gasteiger charge is -2.21. The number of ether oxygens (including phenoxy) is 2. The Morgan fingerprint density at radius 3 is 2.84 bits per heavy atom. The quantitative estimate of drug-likeness (QED) is 0.498. The van der Waals surface area contributed by atoms with E-state index in [4.69, 9.17) is 4.74 Å². The van der Waals surface area contributed by atoms with E-state index in [-0.39, 0.29) is 23.6 Å². The number of aliphatic imine (C=N–C) groups is 1. The highest BCUT2D eigenvalue weighted by atomic mass is 19.3. The minimum atomic E-state index is -2.85. The average molecular weight is 355 g/mol. The van der Waals surface area contributed by atoms with Crippen LogP contribution in [-0.2, 0) is 16.1 Å². The lowest BCUT2D eigenvalue weighted by molar-refractivity contribution is -0.146. The van der Waals surface area contributed by atoms with Gasteiger partial charge in [-0.15, -0.1) is 0 Å². The van der Waals surface area contributed by atoms with Crippen molar-refractivity contribution in [2.75, 3.05) is 27.2 Å². The molecule has 1 aromatic carbocycles. The zero-order valence-electron chi connectivity index (χ0n) is 14.5. The average Bonchev–Trinajstić information content (AvgIpc) is 2.96. The smallest absolute Gasteiger partial charge is 0.387 e. The third-order valence-electron chi connectivity index (χ3n) is 4.20. The zero-order valence-corrected chi connectivity index (χ0v) is 14.5. The van der Waals surface area contributed by atoms with E-state index in [1.165, 1.54) is 13.2 Å². The van der Waals surface area contributed by atoms with Gasteiger partial charge in [0.05, 0.1) is 13.0 Å².